The summed E-state index contributed by atoms with van der Waals surface area (Å²) in [5.41, 5.74) is 3.89. The maximum Gasteiger partial charge on any atom is 0.0409 e. The van der Waals surface area contributed by atoms with E-state index in [9.17, 15) is 0 Å². The summed E-state index contributed by atoms with van der Waals surface area (Å²) in [6.07, 6.45) is 2.08. The Labute approximate surface area is 140 Å². The molecule has 0 amide bonds. The van der Waals surface area contributed by atoms with Gasteiger partial charge in [-0.05, 0) is 67.3 Å². The van der Waals surface area contributed by atoms with Crippen LogP contribution in [0.1, 0.15) is 36.1 Å². The molecule has 0 aliphatic rings. The summed E-state index contributed by atoms with van der Waals surface area (Å²) in [7, 11) is 0. The van der Waals surface area contributed by atoms with Crippen molar-refractivity contribution < 1.29 is 0 Å². The lowest BCUT2D eigenvalue weighted by Gasteiger charge is -2.21. The molecule has 2 aromatic rings. The average molecular weight is 367 g/mol. The molecule has 0 aliphatic carbocycles. The molecule has 0 spiro atoms. The standard InChI is InChI=1S/C18H21BrClN/c1-3-9-21-18(11-14-5-4-6-15(19)10-14)17-12-16(20)8-7-13(17)2/h4-8,10,12,18,21H,3,9,11H2,1-2H3. The van der Waals surface area contributed by atoms with E-state index < -0.39 is 0 Å². The maximum absolute atomic E-state index is 6.19. The first-order valence-corrected chi connectivity index (χ1v) is 8.51. The number of rotatable bonds is 6. The van der Waals surface area contributed by atoms with Crippen molar-refractivity contribution in [3.63, 3.8) is 0 Å². The fraction of sp³-hybridized carbons (Fsp3) is 0.333. The highest BCUT2D eigenvalue weighted by Crippen LogP contribution is 2.26. The van der Waals surface area contributed by atoms with Gasteiger partial charge in [0, 0.05) is 15.5 Å². The zero-order valence-corrected chi connectivity index (χ0v) is 14.8. The lowest BCUT2D eigenvalue weighted by atomic mass is 9.95. The van der Waals surface area contributed by atoms with E-state index in [0.717, 1.165) is 28.9 Å². The Morgan fingerprint density at radius 3 is 2.71 bits per heavy atom. The molecular weight excluding hydrogens is 346 g/mol. The van der Waals surface area contributed by atoms with Gasteiger partial charge in [0.15, 0.2) is 0 Å². The van der Waals surface area contributed by atoms with E-state index in [2.05, 4.69) is 71.5 Å². The third kappa shape index (κ3) is 4.84. The van der Waals surface area contributed by atoms with E-state index >= 15 is 0 Å². The second-order valence-corrected chi connectivity index (χ2v) is 6.69. The molecular formula is C18H21BrClN. The van der Waals surface area contributed by atoms with Gasteiger partial charge in [-0.1, -0.05) is 52.7 Å². The first kappa shape index (κ1) is 16.5. The minimum atomic E-state index is 0.290. The molecule has 2 aromatic carbocycles. The van der Waals surface area contributed by atoms with Crippen LogP contribution in [0.5, 0.6) is 0 Å². The van der Waals surface area contributed by atoms with Crippen molar-refractivity contribution in [2.45, 2.75) is 32.7 Å². The number of aryl methyl sites for hydroxylation is 1. The molecule has 112 valence electrons. The highest BCUT2D eigenvalue weighted by molar-refractivity contribution is 9.10. The zero-order chi connectivity index (χ0) is 15.2. The quantitative estimate of drug-likeness (QED) is 0.692. The highest BCUT2D eigenvalue weighted by Gasteiger charge is 2.14. The Hall–Kier alpha value is -0.830. The van der Waals surface area contributed by atoms with Crippen LogP contribution in [0.2, 0.25) is 5.02 Å². The van der Waals surface area contributed by atoms with Gasteiger partial charge in [0.1, 0.15) is 0 Å². The van der Waals surface area contributed by atoms with Crippen LogP contribution in [-0.2, 0) is 6.42 Å². The summed E-state index contributed by atoms with van der Waals surface area (Å²) in [4.78, 5) is 0. The van der Waals surface area contributed by atoms with E-state index in [-0.39, 0.29) is 6.04 Å². The normalized spacial score (nSPS) is 12.4. The minimum Gasteiger partial charge on any atom is -0.310 e. The molecule has 0 bridgehead atoms. The summed E-state index contributed by atoms with van der Waals surface area (Å²) in [6.45, 7) is 5.34. The van der Waals surface area contributed by atoms with Crippen LogP contribution in [-0.4, -0.2) is 6.54 Å². The summed E-state index contributed by atoms with van der Waals surface area (Å²) >= 11 is 9.73. The molecule has 1 unspecified atom stereocenters. The summed E-state index contributed by atoms with van der Waals surface area (Å²) < 4.78 is 1.12. The van der Waals surface area contributed by atoms with E-state index in [1.807, 2.05) is 6.07 Å². The molecule has 0 aliphatic heterocycles. The predicted molar refractivity (Wildman–Crippen MR) is 95.1 cm³/mol. The molecule has 2 rings (SSSR count). The van der Waals surface area contributed by atoms with Gasteiger partial charge in [0.05, 0.1) is 0 Å². The lowest BCUT2D eigenvalue weighted by molar-refractivity contribution is 0.527. The predicted octanol–water partition coefficient (Wildman–Crippen LogP) is 5.69. The van der Waals surface area contributed by atoms with Gasteiger partial charge in [-0.15, -0.1) is 0 Å². The van der Waals surface area contributed by atoms with E-state index in [4.69, 9.17) is 11.6 Å². The van der Waals surface area contributed by atoms with Crippen LogP contribution >= 0.6 is 27.5 Å². The molecule has 1 atom stereocenters. The largest absolute Gasteiger partial charge is 0.310 e. The van der Waals surface area contributed by atoms with Crippen molar-refractivity contribution in [3.8, 4) is 0 Å². The van der Waals surface area contributed by atoms with Crippen LogP contribution in [0.4, 0.5) is 0 Å². The zero-order valence-electron chi connectivity index (χ0n) is 12.5. The molecule has 0 saturated carbocycles. The SMILES string of the molecule is CCCNC(Cc1cccc(Br)c1)c1cc(Cl)ccc1C. The molecule has 0 fully saturated rings. The third-order valence-corrected chi connectivity index (χ3v) is 4.31. The number of halogens is 2. The number of nitrogens with one attached hydrogen (secondary N) is 1. The fourth-order valence-electron chi connectivity index (χ4n) is 2.50. The molecule has 0 heterocycles. The topological polar surface area (TPSA) is 12.0 Å². The van der Waals surface area contributed by atoms with Crippen molar-refractivity contribution in [1.82, 2.24) is 5.32 Å². The minimum absolute atomic E-state index is 0.290. The Morgan fingerprint density at radius 2 is 2.00 bits per heavy atom. The Bertz CT molecular complexity index is 598. The number of hydrogen-bond acceptors (Lipinski definition) is 1. The molecule has 0 aromatic heterocycles. The van der Waals surface area contributed by atoms with Gasteiger partial charge in [0.2, 0.25) is 0 Å². The van der Waals surface area contributed by atoms with Gasteiger partial charge in [-0.3, -0.25) is 0 Å². The number of benzene rings is 2. The monoisotopic (exact) mass is 365 g/mol. The second kappa shape index (κ2) is 7.98. The molecule has 21 heavy (non-hydrogen) atoms. The lowest BCUT2D eigenvalue weighted by Crippen LogP contribution is -2.24. The highest BCUT2D eigenvalue weighted by atomic mass is 79.9. The van der Waals surface area contributed by atoms with Crippen LogP contribution in [0, 0.1) is 6.92 Å². The first-order valence-electron chi connectivity index (χ1n) is 7.34. The van der Waals surface area contributed by atoms with Crippen molar-refractivity contribution in [2.24, 2.45) is 0 Å². The first-order chi connectivity index (χ1) is 10.1. The molecule has 0 saturated heterocycles. The van der Waals surface area contributed by atoms with Gasteiger partial charge >= 0.3 is 0 Å². The van der Waals surface area contributed by atoms with Gasteiger partial charge in [-0.2, -0.15) is 0 Å². The van der Waals surface area contributed by atoms with Crippen molar-refractivity contribution in [1.29, 1.82) is 0 Å². The molecule has 3 heteroatoms. The Balaban J connectivity index is 2.27. The van der Waals surface area contributed by atoms with Gasteiger partial charge in [0.25, 0.3) is 0 Å². The number of hydrogen-bond donors (Lipinski definition) is 1. The molecule has 1 N–H and O–H groups in total. The van der Waals surface area contributed by atoms with Crippen LogP contribution in [0.25, 0.3) is 0 Å². The fourth-order valence-corrected chi connectivity index (χ4v) is 3.12. The van der Waals surface area contributed by atoms with Crippen LogP contribution in [0.15, 0.2) is 46.9 Å². The van der Waals surface area contributed by atoms with Gasteiger partial charge in [-0.25, -0.2) is 0 Å². The molecule has 0 radical (unpaired) electrons. The van der Waals surface area contributed by atoms with Crippen LogP contribution in [0.3, 0.4) is 0 Å². The Kier molecular flexibility index (Phi) is 6.28. The smallest absolute Gasteiger partial charge is 0.0409 e. The second-order valence-electron chi connectivity index (χ2n) is 5.34. The van der Waals surface area contributed by atoms with E-state index in [1.165, 1.54) is 16.7 Å². The molecule has 1 nitrogen and oxygen atoms in total. The third-order valence-electron chi connectivity index (χ3n) is 3.59. The summed E-state index contributed by atoms with van der Waals surface area (Å²) in [5, 5.41) is 4.45. The summed E-state index contributed by atoms with van der Waals surface area (Å²) in [6, 6.07) is 14.9. The summed E-state index contributed by atoms with van der Waals surface area (Å²) in [5.74, 6) is 0. The van der Waals surface area contributed by atoms with Crippen molar-refractivity contribution in [3.05, 3.63) is 68.7 Å². The van der Waals surface area contributed by atoms with E-state index in [0.29, 0.717) is 0 Å². The van der Waals surface area contributed by atoms with Gasteiger partial charge < -0.3 is 5.32 Å². The van der Waals surface area contributed by atoms with Crippen molar-refractivity contribution in [2.75, 3.05) is 6.54 Å². The van der Waals surface area contributed by atoms with E-state index in [1.54, 1.807) is 0 Å². The Morgan fingerprint density at radius 1 is 1.19 bits per heavy atom. The maximum atomic E-state index is 6.19. The average Bonchev–Trinajstić information content (AvgIpc) is 2.46. The van der Waals surface area contributed by atoms with Crippen molar-refractivity contribution >= 4 is 27.5 Å². The van der Waals surface area contributed by atoms with Crippen LogP contribution < -0.4 is 5.32 Å².